The highest BCUT2D eigenvalue weighted by atomic mass is 35.5. The summed E-state index contributed by atoms with van der Waals surface area (Å²) in [6.45, 7) is -0.527. The van der Waals surface area contributed by atoms with E-state index in [9.17, 15) is 21.6 Å². The summed E-state index contributed by atoms with van der Waals surface area (Å²) in [6.07, 6.45) is -4.57. The Morgan fingerprint density at radius 3 is 2.35 bits per heavy atom. The van der Waals surface area contributed by atoms with Crippen molar-refractivity contribution in [2.24, 2.45) is 0 Å². The molecule has 0 aliphatic heterocycles. The van der Waals surface area contributed by atoms with Crippen molar-refractivity contribution in [2.75, 3.05) is 0 Å². The lowest BCUT2D eigenvalue weighted by atomic mass is 10.1. The number of nitrogens with one attached hydrogen (secondary N) is 1. The van der Waals surface area contributed by atoms with Gasteiger partial charge in [0.05, 0.1) is 10.6 Å². The monoisotopic (exact) mass is 383 g/mol. The van der Waals surface area contributed by atoms with E-state index in [4.69, 9.17) is 23.2 Å². The topological polar surface area (TPSA) is 46.2 Å². The minimum Gasteiger partial charge on any atom is -0.207 e. The fourth-order valence-corrected chi connectivity index (χ4v) is 3.65. The Bertz CT molecular complexity index is 823. The van der Waals surface area contributed by atoms with E-state index >= 15 is 0 Å². The first-order valence-electron chi connectivity index (χ1n) is 6.21. The molecule has 0 saturated heterocycles. The molecule has 0 unspecified atom stereocenters. The van der Waals surface area contributed by atoms with Crippen molar-refractivity contribution in [1.29, 1.82) is 0 Å². The zero-order chi connectivity index (χ0) is 17.3. The maximum atomic E-state index is 12.9. The van der Waals surface area contributed by atoms with Crippen LogP contribution in [0.25, 0.3) is 0 Å². The Balaban J connectivity index is 2.29. The first kappa shape index (κ1) is 18.1. The van der Waals surface area contributed by atoms with Gasteiger partial charge >= 0.3 is 6.18 Å². The minimum absolute atomic E-state index is 0.0778. The number of benzene rings is 2. The molecule has 0 amide bonds. The molecule has 2 aromatic rings. The van der Waals surface area contributed by atoms with E-state index in [-0.39, 0.29) is 20.5 Å². The van der Waals surface area contributed by atoms with Crippen molar-refractivity contribution >= 4 is 33.2 Å². The van der Waals surface area contributed by atoms with Gasteiger partial charge in [-0.25, -0.2) is 13.1 Å². The number of halogens is 5. The number of rotatable bonds is 4. The summed E-state index contributed by atoms with van der Waals surface area (Å²) >= 11 is 11.5. The summed E-state index contributed by atoms with van der Waals surface area (Å²) in [6, 6.07) is 8.53. The number of alkyl halides is 3. The molecule has 124 valence electrons. The van der Waals surface area contributed by atoms with Crippen LogP contribution in [0.3, 0.4) is 0 Å². The molecule has 2 aromatic carbocycles. The molecule has 0 heterocycles. The van der Waals surface area contributed by atoms with E-state index in [0.717, 1.165) is 12.1 Å². The molecule has 0 saturated carbocycles. The van der Waals surface area contributed by atoms with E-state index in [1.165, 1.54) is 30.3 Å². The van der Waals surface area contributed by atoms with Gasteiger partial charge in [-0.3, -0.25) is 0 Å². The number of hydrogen-bond donors (Lipinski definition) is 1. The van der Waals surface area contributed by atoms with E-state index in [1.807, 2.05) is 0 Å². The van der Waals surface area contributed by atoms with Crippen LogP contribution in [0.5, 0.6) is 0 Å². The van der Waals surface area contributed by atoms with Crippen LogP contribution in [0.15, 0.2) is 47.4 Å². The second kappa shape index (κ2) is 6.68. The first-order chi connectivity index (χ1) is 10.6. The summed E-state index contributed by atoms with van der Waals surface area (Å²) in [5.41, 5.74) is -1.10. The van der Waals surface area contributed by atoms with Crippen LogP contribution in [-0.4, -0.2) is 8.42 Å². The van der Waals surface area contributed by atoms with Crippen LogP contribution in [-0.2, 0) is 22.7 Å². The van der Waals surface area contributed by atoms with Crippen molar-refractivity contribution in [1.82, 2.24) is 4.72 Å². The van der Waals surface area contributed by atoms with Gasteiger partial charge in [0.2, 0.25) is 10.0 Å². The van der Waals surface area contributed by atoms with Gasteiger partial charge in [-0.05, 0) is 29.8 Å². The summed E-state index contributed by atoms with van der Waals surface area (Å²) in [4.78, 5) is -0.295. The highest BCUT2D eigenvalue weighted by Gasteiger charge is 2.33. The van der Waals surface area contributed by atoms with Crippen LogP contribution in [0, 0.1) is 0 Å². The highest BCUT2D eigenvalue weighted by molar-refractivity contribution is 7.89. The third-order valence-electron chi connectivity index (χ3n) is 2.96. The highest BCUT2D eigenvalue weighted by Crippen LogP contribution is 2.32. The number of sulfonamides is 1. The lowest BCUT2D eigenvalue weighted by Gasteiger charge is -2.14. The van der Waals surface area contributed by atoms with Gasteiger partial charge in [-0.2, -0.15) is 13.2 Å². The predicted molar refractivity (Wildman–Crippen MR) is 81.9 cm³/mol. The largest absolute Gasteiger partial charge is 0.416 e. The Morgan fingerprint density at radius 2 is 1.70 bits per heavy atom. The lowest BCUT2D eigenvalue weighted by Crippen LogP contribution is -2.25. The molecule has 3 nitrogen and oxygen atoms in total. The molecular formula is C14H10Cl2F3NO2S. The van der Waals surface area contributed by atoms with Crippen LogP contribution in [0.4, 0.5) is 13.2 Å². The van der Waals surface area contributed by atoms with Gasteiger partial charge in [0, 0.05) is 11.6 Å². The quantitative estimate of drug-likeness (QED) is 0.845. The molecule has 0 aliphatic carbocycles. The molecule has 0 fully saturated rings. The van der Waals surface area contributed by atoms with Gasteiger partial charge in [0.1, 0.15) is 4.90 Å². The molecule has 0 radical (unpaired) electrons. The molecular weight excluding hydrogens is 374 g/mol. The van der Waals surface area contributed by atoms with E-state index in [1.54, 1.807) is 0 Å². The van der Waals surface area contributed by atoms with Crippen LogP contribution >= 0.6 is 23.2 Å². The maximum Gasteiger partial charge on any atom is 0.416 e. The van der Waals surface area contributed by atoms with Crippen molar-refractivity contribution in [2.45, 2.75) is 17.6 Å². The Hall–Kier alpha value is -1.28. The fourth-order valence-electron chi connectivity index (χ4n) is 1.88. The summed E-state index contributed by atoms with van der Waals surface area (Å²) in [5.74, 6) is 0. The molecule has 23 heavy (non-hydrogen) atoms. The van der Waals surface area contributed by atoms with Gasteiger partial charge in [0.25, 0.3) is 0 Å². The van der Waals surface area contributed by atoms with Gasteiger partial charge in [-0.15, -0.1) is 0 Å². The molecule has 2 rings (SSSR count). The first-order valence-corrected chi connectivity index (χ1v) is 8.45. The minimum atomic E-state index is -4.57. The van der Waals surface area contributed by atoms with E-state index < -0.39 is 28.3 Å². The smallest absolute Gasteiger partial charge is 0.207 e. The number of hydrogen-bond acceptors (Lipinski definition) is 2. The molecule has 0 aliphatic rings. The van der Waals surface area contributed by atoms with E-state index in [2.05, 4.69) is 4.72 Å². The average molecular weight is 384 g/mol. The summed E-state index contributed by atoms with van der Waals surface area (Å²) in [5, 5.41) is 0.0662. The second-order valence-electron chi connectivity index (χ2n) is 4.55. The Kier molecular flexibility index (Phi) is 5.25. The molecule has 1 N–H and O–H groups in total. The summed E-state index contributed by atoms with van der Waals surface area (Å²) in [7, 11) is -4.11. The normalized spacial score (nSPS) is 12.4. The Labute approximate surface area is 141 Å². The zero-order valence-electron chi connectivity index (χ0n) is 11.4. The molecule has 0 spiro atoms. The van der Waals surface area contributed by atoms with Crippen molar-refractivity contribution in [3.63, 3.8) is 0 Å². The third-order valence-corrected chi connectivity index (χ3v) is 5.08. The second-order valence-corrected chi connectivity index (χ2v) is 7.13. The fraction of sp³-hybridized carbons (Fsp3) is 0.143. The van der Waals surface area contributed by atoms with Crippen molar-refractivity contribution in [3.8, 4) is 0 Å². The van der Waals surface area contributed by atoms with Crippen molar-refractivity contribution < 1.29 is 21.6 Å². The average Bonchev–Trinajstić information content (AvgIpc) is 2.47. The van der Waals surface area contributed by atoms with Gasteiger partial charge in [0.15, 0.2) is 0 Å². The third kappa shape index (κ3) is 4.38. The van der Waals surface area contributed by atoms with Crippen LogP contribution in [0.1, 0.15) is 11.1 Å². The summed E-state index contributed by atoms with van der Waals surface area (Å²) < 4.78 is 65.2. The Morgan fingerprint density at radius 1 is 1.04 bits per heavy atom. The molecule has 0 aromatic heterocycles. The van der Waals surface area contributed by atoms with Crippen LogP contribution in [0.2, 0.25) is 10.0 Å². The van der Waals surface area contributed by atoms with E-state index in [0.29, 0.717) is 0 Å². The molecule has 0 atom stereocenters. The maximum absolute atomic E-state index is 12.9. The zero-order valence-corrected chi connectivity index (χ0v) is 13.7. The van der Waals surface area contributed by atoms with Gasteiger partial charge < -0.3 is 0 Å². The lowest BCUT2D eigenvalue weighted by molar-refractivity contribution is -0.138. The standard InChI is InChI=1S/C14H10Cl2F3NO2S/c15-10-5-6-12(16)13(7-10)23(21,22)20-8-9-3-1-2-4-11(9)14(17,18)19/h1-7,20H,8H2. The van der Waals surface area contributed by atoms with Crippen LogP contribution < -0.4 is 4.72 Å². The predicted octanol–water partition coefficient (Wildman–Crippen LogP) is 4.49. The molecule has 0 bridgehead atoms. The molecule has 9 heteroatoms. The van der Waals surface area contributed by atoms with Crippen molar-refractivity contribution in [3.05, 3.63) is 63.6 Å². The van der Waals surface area contributed by atoms with Gasteiger partial charge in [-0.1, -0.05) is 41.4 Å². The SMILES string of the molecule is O=S(=O)(NCc1ccccc1C(F)(F)F)c1cc(Cl)ccc1Cl.